The van der Waals surface area contributed by atoms with Crippen LogP contribution in [0.3, 0.4) is 0 Å². The third-order valence-electron chi connectivity index (χ3n) is 3.31. The molecule has 2 aromatic heterocycles. The number of nitrogens with zero attached hydrogens (tertiary/aromatic N) is 2. The fourth-order valence-corrected chi connectivity index (χ4v) is 3.05. The Bertz CT molecular complexity index is 897. The fourth-order valence-electron chi connectivity index (χ4n) is 2.16. The van der Waals surface area contributed by atoms with E-state index in [1.54, 1.807) is 0 Å². The number of aryl methyl sites for hydroxylation is 1. The van der Waals surface area contributed by atoms with Gasteiger partial charge in [0, 0.05) is 22.8 Å². The van der Waals surface area contributed by atoms with Crippen LogP contribution in [0.15, 0.2) is 40.5 Å². The zero-order chi connectivity index (χ0) is 16.6. The molecule has 3 aromatic rings. The van der Waals surface area contributed by atoms with Gasteiger partial charge >= 0.3 is 6.18 Å². The molecule has 0 bridgehead atoms. The summed E-state index contributed by atoms with van der Waals surface area (Å²) < 4.78 is 39.0. The first-order valence-electron chi connectivity index (χ1n) is 6.72. The highest BCUT2D eigenvalue weighted by Gasteiger charge is 2.29. The number of benzene rings is 1. The maximum Gasteiger partial charge on any atom is 0.416 e. The lowest BCUT2D eigenvalue weighted by molar-refractivity contribution is -0.137. The summed E-state index contributed by atoms with van der Waals surface area (Å²) in [5.41, 5.74) is 1.02. The Hall–Kier alpha value is -2.35. The molecule has 0 radical (unpaired) electrons. The molecule has 0 atom stereocenters. The maximum absolute atomic E-state index is 12.5. The molecule has 8 heteroatoms. The van der Waals surface area contributed by atoms with Crippen molar-refractivity contribution in [3.63, 3.8) is 0 Å². The molecule has 2 heterocycles. The molecule has 3 rings (SSSR count). The molecule has 0 aliphatic rings. The zero-order valence-corrected chi connectivity index (χ0v) is 12.8. The highest BCUT2D eigenvalue weighted by Crippen LogP contribution is 2.29. The van der Waals surface area contributed by atoms with E-state index in [1.165, 1.54) is 33.9 Å². The van der Waals surface area contributed by atoms with Crippen molar-refractivity contribution in [2.24, 2.45) is 0 Å². The molecule has 0 amide bonds. The van der Waals surface area contributed by atoms with Crippen LogP contribution in [0.1, 0.15) is 17.0 Å². The number of anilines is 1. The van der Waals surface area contributed by atoms with Crippen molar-refractivity contribution in [2.45, 2.75) is 19.6 Å². The first-order valence-corrected chi connectivity index (χ1v) is 7.60. The van der Waals surface area contributed by atoms with Crippen molar-refractivity contribution in [3.05, 3.63) is 63.0 Å². The van der Waals surface area contributed by atoms with Crippen LogP contribution in [-0.4, -0.2) is 9.38 Å². The van der Waals surface area contributed by atoms with Gasteiger partial charge in [-0.3, -0.25) is 9.20 Å². The minimum atomic E-state index is -4.35. The van der Waals surface area contributed by atoms with Gasteiger partial charge in [-0.05, 0) is 31.2 Å². The van der Waals surface area contributed by atoms with Crippen LogP contribution in [0, 0.1) is 6.92 Å². The Balaban J connectivity index is 1.77. The van der Waals surface area contributed by atoms with E-state index in [0.717, 1.165) is 17.8 Å². The van der Waals surface area contributed by atoms with Crippen molar-refractivity contribution in [2.75, 3.05) is 5.32 Å². The largest absolute Gasteiger partial charge is 0.416 e. The lowest BCUT2D eigenvalue weighted by Gasteiger charge is -2.09. The topological polar surface area (TPSA) is 46.4 Å². The molecule has 1 aromatic carbocycles. The van der Waals surface area contributed by atoms with Crippen LogP contribution in [0.25, 0.3) is 4.96 Å². The highest BCUT2D eigenvalue weighted by molar-refractivity contribution is 7.15. The quantitative estimate of drug-likeness (QED) is 0.791. The van der Waals surface area contributed by atoms with Crippen LogP contribution in [-0.2, 0) is 12.7 Å². The minimum absolute atomic E-state index is 0.169. The summed E-state index contributed by atoms with van der Waals surface area (Å²) in [6.07, 6.45) is -4.35. The Morgan fingerprint density at radius 3 is 2.61 bits per heavy atom. The number of hydrogen-bond acceptors (Lipinski definition) is 4. The van der Waals surface area contributed by atoms with Crippen molar-refractivity contribution in [1.29, 1.82) is 0 Å². The van der Waals surface area contributed by atoms with Crippen molar-refractivity contribution in [3.8, 4) is 0 Å². The van der Waals surface area contributed by atoms with Crippen molar-refractivity contribution >= 4 is 22.0 Å². The summed E-state index contributed by atoms with van der Waals surface area (Å²) in [6.45, 7) is 2.08. The van der Waals surface area contributed by atoms with Gasteiger partial charge in [0.25, 0.3) is 5.56 Å². The van der Waals surface area contributed by atoms with E-state index in [2.05, 4.69) is 10.3 Å². The summed E-state index contributed by atoms with van der Waals surface area (Å²) in [4.78, 5) is 17.0. The molecule has 23 heavy (non-hydrogen) atoms. The summed E-state index contributed by atoms with van der Waals surface area (Å²) >= 11 is 1.37. The van der Waals surface area contributed by atoms with Crippen LogP contribution in [0.2, 0.25) is 0 Å². The Kier molecular flexibility index (Phi) is 3.85. The lowest BCUT2D eigenvalue weighted by Crippen LogP contribution is -2.16. The molecule has 0 spiro atoms. The number of thiazole rings is 1. The summed E-state index contributed by atoms with van der Waals surface area (Å²) in [5, 5.41) is 4.81. The predicted octanol–water partition coefficient (Wildman–Crippen LogP) is 3.70. The molecule has 1 N–H and O–H groups in total. The van der Waals surface area contributed by atoms with Crippen molar-refractivity contribution in [1.82, 2.24) is 9.38 Å². The van der Waals surface area contributed by atoms with Gasteiger partial charge in [0.15, 0.2) is 4.96 Å². The van der Waals surface area contributed by atoms with E-state index in [-0.39, 0.29) is 12.1 Å². The molecule has 120 valence electrons. The summed E-state index contributed by atoms with van der Waals surface area (Å²) in [5.74, 6) is 0. The normalized spacial score (nSPS) is 11.8. The second kappa shape index (κ2) is 5.69. The smallest absolute Gasteiger partial charge is 0.379 e. The number of fused-ring (bicyclic) bond motifs is 1. The van der Waals surface area contributed by atoms with Crippen LogP contribution in [0.5, 0.6) is 0 Å². The number of nitrogens with one attached hydrogen (secondary N) is 1. The SMILES string of the molecule is Cc1csc2nc(CNc3ccc(C(F)(F)F)cc3)cc(=O)n12. The number of hydrogen-bond donors (Lipinski definition) is 1. The molecule has 0 saturated heterocycles. The minimum Gasteiger partial charge on any atom is -0.379 e. The Morgan fingerprint density at radius 1 is 1.26 bits per heavy atom. The average Bonchev–Trinajstić information content (AvgIpc) is 2.86. The maximum atomic E-state index is 12.5. The van der Waals surface area contributed by atoms with E-state index < -0.39 is 11.7 Å². The zero-order valence-electron chi connectivity index (χ0n) is 12.0. The number of alkyl halides is 3. The van der Waals surface area contributed by atoms with Crippen molar-refractivity contribution < 1.29 is 13.2 Å². The Morgan fingerprint density at radius 2 is 1.96 bits per heavy atom. The number of halogens is 3. The second-order valence-corrected chi connectivity index (χ2v) is 5.85. The monoisotopic (exact) mass is 339 g/mol. The third-order valence-corrected chi connectivity index (χ3v) is 4.26. The van der Waals surface area contributed by atoms with Gasteiger partial charge in [-0.15, -0.1) is 11.3 Å². The molecule has 0 aliphatic carbocycles. The summed E-state index contributed by atoms with van der Waals surface area (Å²) in [6, 6.07) is 6.14. The molecule has 0 unspecified atom stereocenters. The standard InChI is InChI=1S/C15H12F3N3OS/c1-9-8-23-14-20-12(6-13(22)21(9)14)7-19-11-4-2-10(3-5-11)15(16,17)18/h2-6,8,19H,7H2,1H3. The van der Waals surface area contributed by atoms with Gasteiger partial charge in [0.1, 0.15) is 0 Å². The molecule has 0 fully saturated rings. The highest BCUT2D eigenvalue weighted by atomic mass is 32.1. The van der Waals surface area contributed by atoms with E-state index in [1.807, 2.05) is 12.3 Å². The number of rotatable bonds is 3. The second-order valence-electron chi connectivity index (χ2n) is 5.01. The van der Waals surface area contributed by atoms with Gasteiger partial charge in [-0.25, -0.2) is 4.98 Å². The third kappa shape index (κ3) is 3.21. The van der Waals surface area contributed by atoms with Crippen LogP contribution >= 0.6 is 11.3 Å². The molecule has 0 aliphatic heterocycles. The Labute approximate surface area is 133 Å². The van der Waals surface area contributed by atoms with Gasteiger partial charge in [-0.2, -0.15) is 13.2 Å². The first-order chi connectivity index (χ1) is 10.8. The van der Waals surface area contributed by atoms with E-state index in [4.69, 9.17) is 0 Å². The van der Waals surface area contributed by atoms with E-state index >= 15 is 0 Å². The van der Waals surface area contributed by atoms with E-state index in [9.17, 15) is 18.0 Å². The fraction of sp³-hybridized carbons (Fsp3) is 0.200. The molecule has 4 nitrogen and oxygen atoms in total. The number of aromatic nitrogens is 2. The van der Waals surface area contributed by atoms with E-state index in [0.29, 0.717) is 16.3 Å². The van der Waals surface area contributed by atoms with Gasteiger partial charge < -0.3 is 5.32 Å². The van der Waals surface area contributed by atoms with Gasteiger partial charge in [0.05, 0.1) is 17.8 Å². The lowest BCUT2D eigenvalue weighted by atomic mass is 10.2. The molecule has 0 saturated carbocycles. The summed E-state index contributed by atoms with van der Waals surface area (Å²) in [7, 11) is 0. The predicted molar refractivity (Wildman–Crippen MR) is 82.8 cm³/mol. The van der Waals surface area contributed by atoms with Gasteiger partial charge in [-0.1, -0.05) is 0 Å². The van der Waals surface area contributed by atoms with Crippen LogP contribution < -0.4 is 10.9 Å². The first kappa shape index (κ1) is 15.5. The average molecular weight is 339 g/mol. The molecular formula is C15H12F3N3OS. The van der Waals surface area contributed by atoms with Gasteiger partial charge in [0.2, 0.25) is 0 Å². The molecular weight excluding hydrogens is 327 g/mol. The van der Waals surface area contributed by atoms with Crippen LogP contribution in [0.4, 0.5) is 18.9 Å².